The fourth-order valence-electron chi connectivity index (χ4n) is 9.71. The van der Waals surface area contributed by atoms with Gasteiger partial charge >= 0.3 is 11.9 Å². The fraction of sp³-hybridized carbons (Fsp3) is 0.690. The molecule has 0 unspecified atom stereocenters. The number of hydroxylamine groups is 2. The smallest absolute Gasteiger partial charge is 0.327 e. The van der Waals surface area contributed by atoms with Gasteiger partial charge in [-0.25, -0.2) is 0 Å². The summed E-state index contributed by atoms with van der Waals surface area (Å²) in [6, 6.07) is 4.73. The molecule has 1 aromatic carbocycles. The molecule has 8 rings (SSSR count). The number of carbonyl (C=O) groups excluding carboxylic acids is 5. The van der Waals surface area contributed by atoms with E-state index in [2.05, 4.69) is 5.32 Å². The van der Waals surface area contributed by atoms with Gasteiger partial charge in [-0.05, 0) is 82.9 Å². The number of ether oxygens (including phenoxy) is 4. The molecule has 4 saturated heterocycles. The number of carbonyl (C=O) groups is 5. The van der Waals surface area contributed by atoms with Crippen molar-refractivity contribution in [1.82, 2.24) is 20.2 Å². The molecule has 0 radical (unpaired) electrons. The zero-order valence-corrected chi connectivity index (χ0v) is 33.5. The molecule has 7 fully saturated rings. The average molecular weight is 793 g/mol. The standard InChI is InChI=1S/C42H56N4O11/c1-40(2,3)54-32(49)19-17-28(23-47)43-37(50)29-11-8-20-45(29)39(52)41-21-30-33-34(56-42(55-33,26-13-14-26)27-15-16-27)36(41)57-46(35(41)38(51)53-30)22-25-10-7-6-9-24(25)12-18-31(48)44(4)5/h6-7,9-10,12,18,26-30,33-36,47H,8,11,13-17,19-23H2,1-5H3,(H,43,50)/t28-,29+,30+,33-,34-,35-,36+,41-/m0/s1. The van der Waals surface area contributed by atoms with Crippen molar-refractivity contribution in [2.45, 2.75) is 139 Å². The van der Waals surface area contributed by atoms with Gasteiger partial charge in [0.1, 0.15) is 41.5 Å². The van der Waals surface area contributed by atoms with E-state index in [0.29, 0.717) is 12.8 Å². The minimum atomic E-state index is -1.46. The maximum absolute atomic E-state index is 15.5. The molecular formula is C42H56N4O11. The van der Waals surface area contributed by atoms with Crippen molar-refractivity contribution in [3.63, 3.8) is 0 Å². The molecule has 3 saturated carbocycles. The van der Waals surface area contributed by atoms with E-state index in [4.69, 9.17) is 23.8 Å². The van der Waals surface area contributed by atoms with Crippen LogP contribution >= 0.6 is 0 Å². The summed E-state index contributed by atoms with van der Waals surface area (Å²) < 4.78 is 25.5. The summed E-state index contributed by atoms with van der Waals surface area (Å²) in [5, 5.41) is 14.6. The zero-order chi connectivity index (χ0) is 40.4. The van der Waals surface area contributed by atoms with Gasteiger partial charge in [0, 0.05) is 51.4 Å². The molecule has 0 spiro atoms. The monoisotopic (exact) mass is 792 g/mol. The van der Waals surface area contributed by atoms with Gasteiger partial charge in [0.15, 0.2) is 11.8 Å². The first-order chi connectivity index (χ1) is 27.1. The van der Waals surface area contributed by atoms with Crippen molar-refractivity contribution in [1.29, 1.82) is 0 Å². The Labute approximate surface area is 333 Å². The number of likely N-dealkylation sites (N-methyl/N-ethyl adjacent to an activating group) is 1. The lowest BCUT2D eigenvalue weighted by Gasteiger charge is -2.50. The maximum atomic E-state index is 15.5. The van der Waals surface area contributed by atoms with Crippen LogP contribution < -0.4 is 5.32 Å². The highest BCUT2D eigenvalue weighted by Gasteiger charge is 2.78. The SMILES string of the molecule is CN(C)C(=O)C=Cc1ccccc1CN1O[C@@H]2[C@H]3OC(C4CC4)(C4CC4)O[C@H]3[C@H]3C[C@]2(C(=O)N2CCC[C@@H]2C(=O)N[C@H](CO)CCC(=O)OC(C)(C)C)[C@@H]1C(=O)O3. The van der Waals surface area contributed by atoms with Crippen LogP contribution in [0.2, 0.25) is 0 Å². The Morgan fingerprint density at radius 1 is 1.05 bits per heavy atom. The second-order valence-corrected chi connectivity index (χ2v) is 18.1. The Bertz CT molecular complexity index is 1790. The maximum Gasteiger partial charge on any atom is 0.327 e. The minimum absolute atomic E-state index is 0.00204. The topological polar surface area (TPSA) is 173 Å². The van der Waals surface area contributed by atoms with Crippen molar-refractivity contribution in [3.8, 4) is 0 Å². The molecular weight excluding hydrogens is 736 g/mol. The highest BCUT2D eigenvalue weighted by molar-refractivity contribution is 5.97. The van der Waals surface area contributed by atoms with Crippen LogP contribution in [0.5, 0.6) is 0 Å². The molecule has 8 atom stereocenters. The van der Waals surface area contributed by atoms with Crippen molar-refractivity contribution in [2.75, 3.05) is 27.2 Å². The van der Waals surface area contributed by atoms with Crippen LogP contribution in [0.1, 0.15) is 89.7 Å². The van der Waals surface area contributed by atoms with Crippen LogP contribution in [0.3, 0.4) is 0 Å². The summed E-state index contributed by atoms with van der Waals surface area (Å²) >= 11 is 0. The van der Waals surface area contributed by atoms with E-state index < -0.39 is 83.8 Å². The zero-order valence-electron chi connectivity index (χ0n) is 33.5. The van der Waals surface area contributed by atoms with Crippen molar-refractivity contribution < 1.29 is 52.9 Å². The second kappa shape index (κ2) is 15.0. The minimum Gasteiger partial charge on any atom is -0.460 e. The van der Waals surface area contributed by atoms with E-state index in [0.717, 1.165) is 36.8 Å². The number of amides is 3. The van der Waals surface area contributed by atoms with E-state index in [-0.39, 0.29) is 56.0 Å². The van der Waals surface area contributed by atoms with Crippen LogP contribution in [-0.4, -0.2) is 131 Å². The summed E-state index contributed by atoms with van der Waals surface area (Å²) in [5.74, 6) is -2.42. The average Bonchev–Trinajstić information content (AvgIpc) is 4.08. The molecule has 0 aromatic heterocycles. The third-order valence-electron chi connectivity index (χ3n) is 12.6. The molecule has 1 aromatic rings. The number of hydrogen-bond donors (Lipinski definition) is 2. The second-order valence-electron chi connectivity index (χ2n) is 18.1. The van der Waals surface area contributed by atoms with Crippen LogP contribution in [0.25, 0.3) is 6.08 Å². The highest BCUT2D eigenvalue weighted by Crippen LogP contribution is 2.64. The van der Waals surface area contributed by atoms with Gasteiger partial charge < -0.3 is 39.2 Å². The quantitative estimate of drug-likeness (QED) is 0.221. The molecule has 2 bridgehead atoms. The molecule has 310 valence electrons. The highest BCUT2D eigenvalue weighted by atomic mass is 16.8. The summed E-state index contributed by atoms with van der Waals surface area (Å²) in [5.41, 5.74) is -0.618. The lowest BCUT2D eigenvalue weighted by Crippen LogP contribution is -2.70. The Morgan fingerprint density at radius 2 is 1.75 bits per heavy atom. The molecule has 57 heavy (non-hydrogen) atoms. The number of aliphatic hydroxyl groups is 1. The van der Waals surface area contributed by atoms with Gasteiger partial charge in [0.2, 0.25) is 17.7 Å². The Morgan fingerprint density at radius 3 is 2.42 bits per heavy atom. The molecule has 15 nitrogen and oxygen atoms in total. The normalized spacial score (nSPS) is 32.2. The molecule has 7 aliphatic rings. The summed E-state index contributed by atoms with van der Waals surface area (Å²) in [6.07, 6.45) is 5.34. The summed E-state index contributed by atoms with van der Waals surface area (Å²) in [6.45, 7) is 5.30. The van der Waals surface area contributed by atoms with Crippen LogP contribution in [0.15, 0.2) is 30.3 Å². The van der Waals surface area contributed by atoms with Gasteiger partial charge in [-0.15, -0.1) is 0 Å². The third kappa shape index (κ3) is 7.38. The molecule has 4 heterocycles. The van der Waals surface area contributed by atoms with E-state index in [1.54, 1.807) is 50.9 Å². The number of benzene rings is 1. The number of hydrogen-bond acceptors (Lipinski definition) is 12. The Hall–Kier alpha value is -3.89. The third-order valence-corrected chi connectivity index (χ3v) is 12.6. The van der Waals surface area contributed by atoms with Gasteiger partial charge in [-0.1, -0.05) is 24.3 Å². The van der Waals surface area contributed by atoms with Gasteiger partial charge in [0.05, 0.1) is 19.2 Å². The number of rotatable bonds is 13. The van der Waals surface area contributed by atoms with E-state index in [1.807, 2.05) is 24.3 Å². The fourth-order valence-corrected chi connectivity index (χ4v) is 9.71. The van der Waals surface area contributed by atoms with E-state index in [1.165, 1.54) is 11.0 Å². The Balaban J connectivity index is 1.09. The van der Waals surface area contributed by atoms with Crippen LogP contribution in [0, 0.1) is 17.3 Å². The van der Waals surface area contributed by atoms with Crippen LogP contribution in [0.4, 0.5) is 0 Å². The molecule has 4 aliphatic heterocycles. The largest absolute Gasteiger partial charge is 0.460 e. The van der Waals surface area contributed by atoms with E-state index >= 15 is 4.79 Å². The number of fused-ring (bicyclic) bond motifs is 4. The Kier molecular flexibility index (Phi) is 10.5. The summed E-state index contributed by atoms with van der Waals surface area (Å²) in [7, 11) is 3.35. The number of nitrogens with one attached hydrogen (secondary N) is 1. The van der Waals surface area contributed by atoms with Gasteiger partial charge in [-0.3, -0.25) is 28.8 Å². The lowest BCUT2D eigenvalue weighted by molar-refractivity contribution is -0.235. The predicted octanol–water partition coefficient (Wildman–Crippen LogP) is 2.48. The van der Waals surface area contributed by atoms with Crippen molar-refractivity contribution in [2.24, 2.45) is 17.3 Å². The first kappa shape index (κ1) is 39.9. The lowest BCUT2D eigenvalue weighted by atomic mass is 9.62. The number of esters is 2. The van der Waals surface area contributed by atoms with E-state index in [9.17, 15) is 24.3 Å². The molecule has 3 amide bonds. The van der Waals surface area contributed by atoms with Gasteiger partial charge in [-0.2, -0.15) is 5.06 Å². The first-order valence-electron chi connectivity index (χ1n) is 20.6. The molecule has 2 N–H and O–H groups in total. The van der Waals surface area contributed by atoms with Crippen molar-refractivity contribution >= 4 is 35.7 Å². The molecule has 3 aliphatic carbocycles. The number of nitrogens with zero attached hydrogens (tertiary/aromatic N) is 3. The summed E-state index contributed by atoms with van der Waals surface area (Å²) in [4.78, 5) is 78.6. The molecule has 15 heteroatoms. The number of aliphatic hydroxyl groups excluding tert-OH is 1. The number of likely N-dealkylation sites (tertiary alicyclic amines) is 1. The predicted molar refractivity (Wildman–Crippen MR) is 202 cm³/mol. The van der Waals surface area contributed by atoms with Gasteiger partial charge in [0.25, 0.3) is 0 Å². The van der Waals surface area contributed by atoms with Crippen molar-refractivity contribution in [3.05, 3.63) is 41.5 Å². The van der Waals surface area contributed by atoms with Crippen LogP contribution in [-0.2, 0) is 54.3 Å². The first-order valence-corrected chi connectivity index (χ1v) is 20.6.